The molecule has 17 nitrogen and oxygen atoms in total. The summed E-state index contributed by atoms with van der Waals surface area (Å²) in [4.78, 5) is 87.6. The minimum atomic E-state index is -4.48. The summed E-state index contributed by atoms with van der Waals surface area (Å²) in [7, 11) is 0. The summed E-state index contributed by atoms with van der Waals surface area (Å²) in [6.07, 6.45) is 1.15. The van der Waals surface area contributed by atoms with Gasteiger partial charge in [-0.15, -0.1) is 0 Å². The van der Waals surface area contributed by atoms with E-state index >= 15 is 0 Å². The lowest BCUT2D eigenvalue weighted by atomic mass is 9.96. The number of ketones is 2. The number of hydrogen-bond acceptors (Lipinski definition) is 11. The second-order valence-electron chi connectivity index (χ2n) is 18.4. The summed E-state index contributed by atoms with van der Waals surface area (Å²) in [6, 6.07) is 15.8. The quantitative estimate of drug-likeness (QED) is 0.0521. The van der Waals surface area contributed by atoms with Gasteiger partial charge in [-0.3, -0.25) is 28.8 Å². The first-order valence-corrected chi connectivity index (χ1v) is 24.0. The molecule has 4 amide bonds. The highest BCUT2D eigenvalue weighted by atomic mass is 19.4. The fourth-order valence-electron chi connectivity index (χ4n) is 9.63. The highest BCUT2D eigenvalue weighted by molar-refractivity contribution is 6.00. The van der Waals surface area contributed by atoms with Gasteiger partial charge in [0.1, 0.15) is 22.8 Å². The Morgan fingerprint density at radius 2 is 1.05 bits per heavy atom. The lowest BCUT2D eigenvalue weighted by molar-refractivity contribution is -0.137. The normalized spacial score (nSPS) is 14.6. The SMILES string of the molecule is CC(=O)c1ccc2c(c1C)CC[C@@H]2NC(=O)c1cc(C(=O)NCc2ccc(C(F)(F)F)cc2)nc2c(F)cnn12.CC(=O)c1ccc2c(c1C)CC[C@@H]2NC(=O)c1cc(C(=O)NCc2ccnc(F)c2)nc2c(F)cnn12. The van der Waals surface area contributed by atoms with E-state index in [1.165, 1.54) is 56.4 Å². The van der Waals surface area contributed by atoms with Crippen molar-refractivity contribution in [2.24, 2.45) is 0 Å². The van der Waals surface area contributed by atoms with Gasteiger partial charge in [0, 0.05) is 42.5 Å². The minimum Gasteiger partial charge on any atom is -0.347 e. The minimum absolute atomic E-state index is 0.0190. The fraction of sp³-hybridized carbons (Fsp3) is 0.241. The molecule has 0 saturated heterocycles. The summed E-state index contributed by atoms with van der Waals surface area (Å²) >= 11 is 0. The molecule has 77 heavy (non-hydrogen) atoms. The molecule has 10 rings (SSSR count). The van der Waals surface area contributed by atoms with Gasteiger partial charge in [0.25, 0.3) is 23.6 Å². The zero-order valence-electron chi connectivity index (χ0n) is 41.4. The van der Waals surface area contributed by atoms with E-state index in [-0.39, 0.29) is 70.8 Å². The third-order valence-electron chi connectivity index (χ3n) is 13.5. The summed E-state index contributed by atoms with van der Waals surface area (Å²) in [5.41, 5.74) is 5.64. The van der Waals surface area contributed by atoms with Crippen LogP contribution in [0, 0.1) is 31.4 Å². The average molecular weight is 1060 g/mol. The van der Waals surface area contributed by atoms with Crippen LogP contribution in [0.3, 0.4) is 0 Å². The molecule has 0 fully saturated rings. The number of halogens is 6. The molecule has 23 heteroatoms. The first-order chi connectivity index (χ1) is 36.7. The maximum absolute atomic E-state index is 14.4. The van der Waals surface area contributed by atoms with E-state index in [2.05, 4.69) is 46.4 Å². The van der Waals surface area contributed by atoms with Crippen molar-refractivity contribution < 1.29 is 55.1 Å². The van der Waals surface area contributed by atoms with Gasteiger partial charge < -0.3 is 21.3 Å². The molecule has 394 valence electrons. The largest absolute Gasteiger partial charge is 0.416 e. The third-order valence-corrected chi connectivity index (χ3v) is 13.5. The first kappa shape index (κ1) is 52.7. The molecular weight excluding hydrogens is 1010 g/mol. The molecule has 2 aliphatic carbocycles. The number of hydrogen-bond donors (Lipinski definition) is 4. The molecule has 0 radical (unpaired) electrons. The Morgan fingerprint density at radius 3 is 1.48 bits per heavy atom. The Balaban J connectivity index is 0.000000188. The highest BCUT2D eigenvalue weighted by Gasteiger charge is 2.32. The smallest absolute Gasteiger partial charge is 0.347 e. The molecule has 5 heterocycles. The Hall–Kier alpha value is -9.15. The molecule has 3 aromatic carbocycles. The van der Waals surface area contributed by atoms with Crippen LogP contribution in [0.5, 0.6) is 0 Å². The molecule has 0 unspecified atom stereocenters. The lowest BCUT2D eigenvalue weighted by Crippen LogP contribution is -2.30. The Morgan fingerprint density at radius 1 is 0.597 bits per heavy atom. The number of nitrogens with zero attached hydrogens (tertiary/aromatic N) is 7. The van der Waals surface area contributed by atoms with Crippen LogP contribution in [0.1, 0.15) is 152 Å². The third kappa shape index (κ3) is 10.9. The van der Waals surface area contributed by atoms with Crippen molar-refractivity contribution in [3.63, 3.8) is 0 Å². The van der Waals surface area contributed by atoms with Gasteiger partial charge in [0.2, 0.25) is 5.95 Å². The summed E-state index contributed by atoms with van der Waals surface area (Å²) in [5, 5.41) is 18.8. The number of amides is 4. The molecule has 5 aromatic heterocycles. The van der Waals surface area contributed by atoms with Gasteiger partial charge in [-0.2, -0.15) is 27.8 Å². The van der Waals surface area contributed by atoms with Crippen molar-refractivity contribution in [3.05, 3.63) is 193 Å². The van der Waals surface area contributed by atoms with Crippen LogP contribution in [0.15, 0.2) is 91.4 Å². The summed E-state index contributed by atoms with van der Waals surface area (Å²) in [5.74, 6) is -4.99. The number of aromatic nitrogens is 7. The van der Waals surface area contributed by atoms with Crippen LogP contribution >= 0.6 is 0 Å². The second-order valence-corrected chi connectivity index (χ2v) is 18.4. The van der Waals surface area contributed by atoms with E-state index in [9.17, 15) is 55.1 Å². The van der Waals surface area contributed by atoms with Crippen molar-refractivity contribution in [2.75, 3.05) is 0 Å². The van der Waals surface area contributed by atoms with Crippen molar-refractivity contribution in [1.82, 2.24) is 55.4 Å². The molecule has 0 spiro atoms. The molecule has 0 saturated carbocycles. The molecule has 2 atom stereocenters. The number of benzene rings is 3. The summed E-state index contributed by atoms with van der Waals surface area (Å²) in [6.45, 7) is 6.64. The van der Waals surface area contributed by atoms with Gasteiger partial charge in [0.05, 0.1) is 30.0 Å². The number of carbonyl (C=O) groups excluding carboxylic acids is 6. The number of pyridine rings is 1. The topological polar surface area (TPSA) is 224 Å². The van der Waals surface area contributed by atoms with Crippen LogP contribution < -0.4 is 21.3 Å². The standard InChI is InChI=1S/C28H23F4N5O3.C26H22F2N6O3/c1-14-18(15(2)38)7-8-20-19(14)9-10-22(20)36-27(40)24-11-23(35-25-21(29)13-34-37(24)25)26(39)33-12-16-3-5-17(6-4-16)28(30,31)32;1-13-16(14(2)35)3-4-18-17(13)5-6-20(18)33-26(37)22-10-21(32-24-19(27)12-31-34(22)24)25(36)30-11-15-7-8-29-23(28)9-15/h3-8,11,13,22H,9-10,12H2,1-2H3,(H,33,39)(H,36,40);3-4,7-10,12,20H,5-6,11H2,1-2H3,(H,30,36)(H,33,37)/t22-;20-/m00/s1. The molecule has 0 bridgehead atoms. The first-order valence-electron chi connectivity index (χ1n) is 24.0. The highest BCUT2D eigenvalue weighted by Crippen LogP contribution is 2.37. The Kier molecular flexibility index (Phi) is 14.5. The summed E-state index contributed by atoms with van der Waals surface area (Å²) < 4.78 is 82.6. The zero-order chi connectivity index (χ0) is 55.0. The number of nitrogens with one attached hydrogen (secondary N) is 4. The van der Waals surface area contributed by atoms with Gasteiger partial charge in [-0.1, -0.05) is 36.4 Å². The van der Waals surface area contributed by atoms with Crippen molar-refractivity contribution in [1.29, 1.82) is 0 Å². The van der Waals surface area contributed by atoms with Crippen LogP contribution in [0.4, 0.5) is 26.3 Å². The number of alkyl halides is 3. The number of rotatable bonds is 12. The monoisotopic (exact) mass is 1060 g/mol. The maximum Gasteiger partial charge on any atom is 0.416 e. The van der Waals surface area contributed by atoms with E-state index < -0.39 is 53.0 Å². The van der Waals surface area contributed by atoms with Gasteiger partial charge >= 0.3 is 6.18 Å². The number of Topliss-reactive ketones (excluding diaryl/α,β-unsaturated/α-hetero) is 2. The van der Waals surface area contributed by atoms with E-state index in [4.69, 9.17) is 0 Å². The van der Waals surface area contributed by atoms with E-state index in [1.54, 1.807) is 12.1 Å². The van der Waals surface area contributed by atoms with E-state index in [0.717, 1.165) is 66.9 Å². The predicted molar refractivity (Wildman–Crippen MR) is 263 cm³/mol. The predicted octanol–water partition coefficient (Wildman–Crippen LogP) is 8.01. The van der Waals surface area contributed by atoms with Crippen molar-refractivity contribution in [3.8, 4) is 0 Å². The van der Waals surface area contributed by atoms with Crippen molar-refractivity contribution >= 4 is 46.5 Å². The fourth-order valence-corrected chi connectivity index (χ4v) is 9.63. The molecule has 2 aliphatic rings. The second kappa shape index (κ2) is 21.2. The van der Waals surface area contributed by atoms with Gasteiger partial charge in [0.15, 0.2) is 34.5 Å². The molecule has 4 N–H and O–H groups in total. The zero-order valence-corrected chi connectivity index (χ0v) is 41.4. The maximum atomic E-state index is 14.4. The molecular formula is C54H45F6N11O6. The van der Waals surface area contributed by atoms with Crippen LogP contribution in [0.2, 0.25) is 0 Å². The number of carbonyl (C=O) groups is 6. The van der Waals surface area contributed by atoms with Crippen LogP contribution in [-0.2, 0) is 32.1 Å². The van der Waals surface area contributed by atoms with Crippen LogP contribution in [0.25, 0.3) is 11.3 Å². The molecule has 0 aliphatic heterocycles. The van der Waals surface area contributed by atoms with Gasteiger partial charge in [-0.05, 0) is 122 Å². The van der Waals surface area contributed by atoms with Gasteiger partial charge in [-0.25, -0.2) is 32.8 Å². The van der Waals surface area contributed by atoms with E-state index in [1.807, 2.05) is 26.0 Å². The average Bonchev–Trinajstić information content (AvgIpc) is 4.20. The lowest BCUT2D eigenvalue weighted by Gasteiger charge is -2.16. The Labute approximate surface area is 433 Å². The van der Waals surface area contributed by atoms with Crippen molar-refractivity contribution in [2.45, 2.75) is 84.7 Å². The number of fused-ring (bicyclic) bond motifs is 4. The molecule has 8 aromatic rings. The Bertz CT molecular complexity index is 3730. The van der Waals surface area contributed by atoms with E-state index in [0.29, 0.717) is 47.9 Å². The van der Waals surface area contributed by atoms with Crippen LogP contribution in [-0.4, -0.2) is 69.4 Å².